The minimum Gasteiger partial charge on any atom is -0.444 e. The van der Waals surface area contributed by atoms with Crippen LogP contribution in [0.3, 0.4) is 0 Å². The van der Waals surface area contributed by atoms with Crippen LogP contribution in [0.2, 0.25) is 0 Å². The minimum atomic E-state index is -0.903. The Morgan fingerprint density at radius 1 is 1.56 bits per heavy atom. The highest BCUT2D eigenvalue weighted by molar-refractivity contribution is 5.68. The highest BCUT2D eigenvalue weighted by Gasteiger charge is 2.31. The standard InChI is InChI=1S/C13H25FN2O2/c1-13(2,3)18-12(17)16-7-5-6-10(9-16)11(14)8-15-4/h10-11,15H,5-9H2,1-4H3. The molecule has 0 aromatic rings. The van der Waals surface area contributed by atoms with Gasteiger partial charge < -0.3 is 15.0 Å². The van der Waals surface area contributed by atoms with Crippen molar-refractivity contribution in [3.63, 3.8) is 0 Å². The molecular formula is C13H25FN2O2. The van der Waals surface area contributed by atoms with Crippen LogP contribution in [0.15, 0.2) is 0 Å². The van der Waals surface area contributed by atoms with E-state index in [0.717, 1.165) is 12.8 Å². The predicted octanol–water partition coefficient (Wildman–Crippen LogP) is 2.19. The predicted molar refractivity (Wildman–Crippen MR) is 69.4 cm³/mol. The van der Waals surface area contributed by atoms with Gasteiger partial charge in [0.1, 0.15) is 11.8 Å². The van der Waals surface area contributed by atoms with Crippen LogP contribution in [0.25, 0.3) is 0 Å². The molecule has 2 unspecified atom stereocenters. The molecular weight excluding hydrogens is 235 g/mol. The number of alkyl halides is 1. The van der Waals surface area contributed by atoms with Gasteiger partial charge in [-0.05, 0) is 40.7 Å². The van der Waals surface area contributed by atoms with Crippen molar-refractivity contribution in [1.82, 2.24) is 10.2 Å². The number of rotatable bonds is 3. The van der Waals surface area contributed by atoms with E-state index in [1.165, 1.54) is 0 Å². The molecule has 0 radical (unpaired) electrons. The van der Waals surface area contributed by atoms with Crippen LogP contribution in [0.1, 0.15) is 33.6 Å². The SMILES string of the molecule is CNCC(F)C1CCCN(C(=O)OC(C)(C)C)C1. The zero-order valence-electron chi connectivity index (χ0n) is 11.8. The van der Waals surface area contributed by atoms with E-state index in [4.69, 9.17) is 4.74 Å². The number of halogens is 1. The molecule has 1 aliphatic rings. The van der Waals surface area contributed by atoms with Crippen LogP contribution < -0.4 is 5.32 Å². The van der Waals surface area contributed by atoms with Gasteiger partial charge >= 0.3 is 6.09 Å². The number of likely N-dealkylation sites (tertiary alicyclic amines) is 1. The molecule has 1 heterocycles. The summed E-state index contributed by atoms with van der Waals surface area (Å²) in [6.07, 6.45) is 0.444. The maximum atomic E-state index is 13.8. The van der Waals surface area contributed by atoms with Crippen molar-refractivity contribution in [3.05, 3.63) is 0 Å². The van der Waals surface area contributed by atoms with E-state index in [9.17, 15) is 9.18 Å². The third kappa shape index (κ3) is 4.80. The fourth-order valence-electron chi connectivity index (χ4n) is 2.16. The quantitative estimate of drug-likeness (QED) is 0.845. The molecule has 0 saturated carbocycles. The summed E-state index contributed by atoms with van der Waals surface area (Å²) < 4.78 is 19.1. The molecule has 5 heteroatoms. The van der Waals surface area contributed by atoms with Crippen LogP contribution in [0.5, 0.6) is 0 Å². The molecule has 1 rings (SSSR count). The number of amides is 1. The Kier molecular flexibility index (Phi) is 5.38. The summed E-state index contributed by atoms with van der Waals surface area (Å²) in [6, 6.07) is 0. The molecule has 1 N–H and O–H groups in total. The second-order valence-electron chi connectivity index (χ2n) is 5.90. The van der Waals surface area contributed by atoms with Gasteiger partial charge in [0.25, 0.3) is 0 Å². The van der Waals surface area contributed by atoms with Gasteiger partial charge in [-0.2, -0.15) is 0 Å². The summed E-state index contributed by atoms with van der Waals surface area (Å²) >= 11 is 0. The average molecular weight is 260 g/mol. The minimum absolute atomic E-state index is 0.0845. The number of nitrogens with zero attached hydrogens (tertiary/aromatic N) is 1. The highest BCUT2D eigenvalue weighted by Crippen LogP contribution is 2.23. The number of piperidine rings is 1. The Labute approximate surface area is 109 Å². The molecule has 1 amide bonds. The molecule has 1 saturated heterocycles. The number of hydrogen-bond acceptors (Lipinski definition) is 3. The van der Waals surface area contributed by atoms with Crippen molar-refractivity contribution < 1.29 is 13.9 Å². The van der Waals surface area contributed by atoms with Crippen LogP contribution in [0, 0.1) is 5.92 Å². The highest BCUT2D eigenvalue weighted by atomic mass is 19.1. The second-order valence-corrected chi connectivity index (χ2v) is 5.90. The van der Waals surface area contributed by atoms with E-state index in [-0.39, 0.29) is 12.0 Å². The lowest BCUT2D eigenvalue weighted by Crippen LogP contribution is -2.46. The van der Waals surface area contributed by atoms with Crippen molar-refractivity contribution in [2.75, 3.05) is 26.7 Å². The summed E-state index contributed by atoms with van der Waals surface area (Å²) in [4.78, 5) is 13.5. The summed E-state index contributed by atoms with van der Waals surface area (Å²) in [5.74, 6) is -0.0845. The van der Waals surface area contributed by atoms with Gasteiger partial charge in [-0.15, -0.1) is 0 Å². The van der Waals surface area contributed by atoms with E-state index < -0.39 is 11.8 Å². The summed E-state index contributed by atoms with van der Waals surface area (Å²) in [5, 5.41) is 2.84. The topological polar surface area (TPSA) is 41.6 Å². The number of nitrogens with one attached hydrogen (secondary N) is 1. The molecule has 4 nitrogen and oxygen atoms in total. The maximum absolute atomic E-state index is 13.8. The third-order valence-corrected chi connectivity index (χ3v) is 3.02. The first-order chi connectivity index (χ1) is 8.33. The Balaban J connectivity index is 2.50. The van der Waals surface area contributed by atoms with Gasteiger partial charge in [0.2, 0.25) is 0 Å². The lowest BCUT2D eigenvalue weighted by Gasteiger charge is -2.35. The van der Waals surface area contributed by atoms with Crippen molar-refractivity contribution in [1.29, 1.82) is 0 Å². The first kappa shape index (κ1) is 15.2. The Morgan fingerprint density at radius 3 is 2.78 bits per heavy atom. The van der Waals surface area contributed by atoms with Crippen LogP contribution in [0.4, 0.5) is 9.18 Å². The number of ether oxygens (including phenoxy) is 1. The third-order valence-electron chi connectivity index (χ3n) is 3.02. The fourth-order valence-corrected chi connectivity index (χ4v) is 2.16. The average Bonchev–Trinajstić information content (AvgIpc) is 2.27. The fraction of sp³-hybridized carbons (Fsp3) is 0.923. The van der Waals surface area contributed by atoms with Crippen molar-refractivity contribution in [2.24, 2.45) is 5.92 Å². The van der Waals surface area contributed by atoms with Crippen LogP contribution in [-0.2, 0) is 4.74 Å². The van der Waals surface area contributed by atoms with Gasteiger partial charge in [0, 0.05) is 25.6 Å². The molecule has 0 aromatic carbocycles. The summed E-state index contributed by atoms with van der Waals surface area (Å²) in [7, 11) is 1.74. The molecule has 18 heavy (non-hydrogen) atoms. The number of carbonyl (C=O) groups is 1. The van der Waals surface area contributed by atoms with Crippen molar-refractivity contribution in [2.45, 2.75) is 45.4 Å². The lowest BCUT2D eigenvalue weighted by molar-refractivity contribution is 0.0112. The second kappa shape index (κ2) is 6.36. The number of carbonyl (C=O) groups excluding carboxylic acids is 1. The Morgan fingerprint density at radius 2 is 2.22 bits per heavy atom. The molecule has 2 atom stereocenters. The van der Waals surface area contributed by atoms with Gasteiger partial charge in [-0.1, -0.05) is 0 Å². The summed E-state index contributed by atoms with van der Waals surface area (Å²) in [5.41, 5.74) is -0.496. The molecule has 1 aliphatic heterocycles. The van der Waals surface area contributed by atoms with Crippen molar-refractivity contribution >= 4 is 6.09 Å². The summed E-state index contributed by atoms with van der Waals surface area (Å²) in [6.45, 7) is 6.98. The van der Waals surface area contributed by atoms with Crippen LogP contribution in [-0.4, -0.2) is 49.4 Å². The van der Waals surface area contributed by atoms with E-state index in [0.29, 0.717) is 19.6 Å². The first-order valence-corrected chi connectivity index (χ1v) is 6.60. The maximum Gasteiger partial charge on any atom is 0.410 e. The number of hydrogen-bond donors (Lipinski definition) is 1. The smallest absolute Gasteiger partial charge is 0.410 e. The van der Waals surface area contributed by atoms with Gasteiger partial charge in [0.05, 0.1) is 0 Å². The molecule has 0 aliphatic carbocycles. The Bertz CT molecular complexity index is 279. The molecule has 0 aromatic heterocycles. The molecule has 0 bridgehead atoms. The zero-order chi connectivity index (χ0) is 13.8. The van der Waals surface area contributed by atoms with E-state index in [1.807, 2.05) is 20.8 Å². The van der Waals surface area contributed by atoms with E-state index in [1.54, 1.807) is 11.9 Å². The van der Waals surface area contributed by atoms with Gasteiger partial charge in [-0.25, -0.2) is 9.18 Å². The van der Waals surface area contributed by atoms with Crippen LogP contribution >= 0.6 is 0 Å². The van der Waals surface area contributed by atoms with Gasteiger partial charge in [-0.3, -0.25) is 0 Å². The zero-order valence-corrected chi connectivity index (χ0v) is 11.8. The first-order valence-electron chi connectivity index (χ1n) is 6.60. The molecule has 106 valence electrons. The molecule has 1 fully saturated rings. The monoisotopic (exact) mass is 260 g/mol. The molecule has 0 spiro atoms. The van der Waals surface area contributed by atoms with Crippen molar-refractivity contribution in [3.8, 4) is 0 Å². The normalized spacial score (nSPS) is 22.7. The Hall–Kier alpha value is -0.840. The lowest BCUT2D eigenvalue weighted by atomic mass is 9.93. The largest absolute Gasteiger partial charge is 0.444 e. The van der Waals surface area contributed by atoms with E-state index >= 15 is 0 Å². The van der Waals surface area contributed by atoms with E-state index in [2.05, 4.69) is 5.32 Å². The van der Waals surface area contributed by atoms with Gasteiger partial charge in [0.15, 0.2) is 0 Å².